The molecule has 0 spiro atoms. The Morgan fingerprint density at radius 1 is 1.18 bits per heavy atom. The molecule has 2 aromatic carbocycles. The van der Waals surface area contributed by atoms with Crippen LogP contribution in [0.25, 0.3) is 28.1 Å². The number of fused-ring (bicyclic) bond motifs is 1. The topological polar surface area (TPSA) is 111 Å². The van der Waals surface area contributed by atoms with Gasteiger partial charge < -0.3 is 10.1 Å². The fraction of sp³-hybridized carbons (Fsp3) is 0.160. The van der Waals surface area contributed by atoms with Crippen LogP contribution in [-0.4, -0.2) is 55.7 Å². The molecule has 3 aromatic heterocycles. The summed E-state index contributed by atoms with van der Waals surface area (Å²) in [4.78, 5) is 21.4. The van der Waals surface area contributed by atoms with Crippen molar-refractivity contribution in [2.24, 2.45) is 0 Å². The lowest BCUT2D eigenvalue weighted by atomic mass is 10.1. The Balaban J connectivity index is 1.52. The lowest BCUT2D eigenvalue weighted by molar-refractivity contribution is -0.123. The van der Waals surface area contributed by atoms with Crippen molar-refractivity contribution in [1.82, 2.24) is 35.3 Å². The minimum atomic E-state index is -4.54. The fourth-order valence-electron chi connectivity index (χ4n) is 3.87. The first-order valence-corrected chi connectivity index (χ1v) is 11.6. The third-order valence-corrected chi connectivity index (χ3v) is 6.13. The number of alkyl halides is 3. The van der Waals surface area contributed by atoms with E-state index in [0.717, 1.165) is 16.5 Å². The van der Waals surface area contributed by atoms with Crippen molar-refractivity contribution in [3.63, 3.8) is 0 Å². The summed E-state index contributed by atoms with van der Waals surface area (Å²) in [5, 5.41) is 14.7. The van der Waals surface area contributed by atoms with E-state index >= 15 is 0 Å². The Bertz CT molecular complexity index is 1620. The van der Waals surface area contributed by atoms with Crippen molar-refractivity contribution in [2.75, 3.05) is 13.7 Å². The minimum absolute atomic E-state index is 0.0509. The van der Waals surface area contributed by atoms with E-state index in [1.807, 2.05) is 23.5 Å². The van der Waals surface area contributed by atoms with E-state index in [-0.39, 0.29) is 11.3 Å². The lowest BCUT2D eigenvalue weighted by Crippen LogP contribution is -2.33. The van der Waals surface area contributed by atoms with Crippen molar-refractivity contribution >= 4 is 28.4 Å². The number of H-pyrrole nitrogens is 1. The van der Waals surface area contributed by atoms with E-state index in [1.54, 1.807) is 29.2 Å². The van der Waals surface area contributed by atoms with Crippen molar-refractivity contribution in [3.8, 4) is 23.0 Å². The first-order chi connectivity index (χ1) is 18.2. The molecule has 38 heavy (non-hydrogen) atoms. The van der Waals surface area contributed by atoms with Crippen molar-refractivity contribution in [3.05, 3.63) is 82.9 Å². The number of benzene rings is 2. The first kappa shape index (κ1) is 25.2. The van der Waals surface area contributed by atoms with Crippen molar-refractivity contribution < 1.29 is 22.7 Å². The number of hydrogen-bond acceptors (Lipinski definition) is 6. The summed E-state index contributed by atoms with van der Waals surface area (Å²) in [5.74, 6) is 0.520. The van der Waals surface area contributed by atoms with Gasteiger partial charge in [-0.15, -0.1) is 5.10 Å². The molecule has 5 rings (SSSR count). The monoisotopic (exact) mass is 541 g/mol. The number of carbonyl (C=O) groups excluding carboxylic acids is 1. The molecule has 0 radical (unpaired) electrons. The number of aromatic amines is 1. The van der Waals surface area contributed by atoms with Crippen LogP contribution in [0.1, 0.15) is 21.7 Å². The van der Waals surface area contributed by atoms with Crippen LogP contribution in [0.15, 0.2) is 60.9 Å². The van der Waals surface area contributed by atoms with Gasteiger partial charge in [0, 0.05) is 23.6 Å². The Kier molecular flexibility index (Phi) is 6.72. The molecule has 194 valence electrons. The molecular weight excluding hydrogens is 523 g/mol. The van der Waals surface area contributed by atoms with Crippen LogP contribution in [-0.2, 0) is 6.42 Å². The number of halogens is 4. The smallest absolute Gasteiger partial charge is 0.405 e. The van der Waals surface area contributed by atoms with Gasteiger partial charge in [0.1, 0.15) is 18.1 Å². The largest absolute Gasteiger partial charge is 0.496 e. The third kappa shape index (κ3) is 5.16. The zero-order valence-corrected chi connectivity index (χ0v) is 20.5. The first-order valence-electron chi connectivity index (χ1n) is 11.2. The molecule has 0 fully saturated rings. The number of nitrogens with zero attached hydrogens (tertiary/aromatic N) is 5. The van der Waals surface area contributed by atoms with Crippen LogP contribution in [0.2, 0.25) is 5.02 Å². The molecule has 5 aromatic rings. The molecule has 0 aliphatic rings. The van der Waals surface area contributed by atoms with E-state index in [1.165, 1.54) is 25.3 Å². The second-order valence-corrected chi connectivity index (χ2v) is 8.59. The summed E-state index contributed by atoms with van der Waals surface area (Å²) in [6.07, 6.45) is -0.942. The predicted molar refractivity (Wildman–Crippen MR) is 133 cm³/mol. The average molecular weight is 542 g/mol. The Labute approximate surface area is 218 Å². The molecule has 0 unspecified atom stereocenters. The van der Waals surface area contributed by atoms with Gasteiger partial charge in [-0.3, -0.25) is 9.89 Å². The number of ether oxygens (including phenoxy) is 1. The van der Waals surface area contributed by atoms with Crippen LogP contribution in [0.3, 0.4) is 0 Å². The van der Waals surface area contributed by atoms with Crippen LogP contribution in [0, 0.1) is 0 Å². The molecule has 2 N–H and O–H groups in total. The summed E-state index contributed by atoms with van der Waals surface area (Å²) in [7, 11) is 1.32. The molecule has 1 amide bonds. The fourth-order valence-corrected chi connectivity index (χ4v) is 4.15. The van der Waals surface area contributed by atoms with E-state index in [2.05, 4.69) is 20.3 Å². The van der Waals surface area contributed by atoms with Crippen LogP contribution in [0.4, 0.5) is 13.2 Å². The Hall–Kier alpha value is -4.45. The van der Waals surface area contributed by atoms with Gasteiger partial charge >= 0.3 is 6.18 Å². The highest BCUT2D eigenvalue weighted by atomic mass is 35.5. The van der Waals surface area contributed by atoms with E-state index in [9.17, 15) is 18.0 Å². The third-order valence-electron chi connectivity index (χ3n) is 5.68. The van der Waals surface area contributed by atoms with Crippen molar-refractivity contribution in [1.29, 1.82) is 0 Å². The SMILES string of the molecule is COc1cc(-c2nc(Cc3ccc4[nH]ncc4c3Cl)n(-c3ccccn3)n2)ccc1C(=O)NCC(F)(F)F. The normalized spacial score (nSPS) is 11.6. The molecule has 0 saturated heterocycles. The van der Waals surface area contributed by atoms with Crippen LogP contribution in [0.5, 0.6) is 5.75 Å². The zero-order chi connectivity index (χ0) is 26.9. The maximum Gasteiger partial charge on any atom is 0.405 e. The number of carbonyl (C=O) groups is 1. The van der Waals surface area contributed by atoms with Gasteiger partial charge in [-0.2, -0.15) is 23.0 Å². The number of nitrogens with one attached hydrogen (secondary N) is 2. The molecule has 0 atom stereocenters. The van der Waals surface area contributed by atoms with Gasteiger partial charge in [0.25, 0.3) is 5.91 Å². The van der Waals surface area contributed by atoms with Gasteiger partial charge in [-0.1, -0.05) is 29.8 Å². The maximum atomic E-state index is 12.5. The maximum absolute atomic E-state index is 12.5. The van der Waals surface area contributed by atoms with Crippen molar-refractivity contribution in [2.45, 2.75) is 12.6 Å². The van der Waals surface area contributed by atoms with Gasteiger partial charge in [0.2, 0.25) is 0 Å². The Morgan fingerprint density at radius 3 is 2.76 bits per heavy atom. The molecule has 0 aliphatic carbocycles. The number of aromatic nitrogens is 6. The number of rotatable bonds is 7. The lowest BCUT2D eigenvalue weighted by Gasteiger charge is -2.11. The summed E-state index contributed by atoms with van der Waals surface area (Å²) < 4.78 is 44.5. The second-order valence-electron chi connectivity index (χ2n) is 8.21. The number of pyridine rings is 1. The van der Waals surface area contributed by atoms with Gasteiger partial charge in [0.15, 0.2) is 11.6 Å². The molecule has 0 aliphatic heterocycles. The minimum Gasteiger partial charge on any atom is -0.496 e. The van der Waals surface area contributed by atoms with E-state index in [4.69, 9.17) is 21.3 Å². The van der Waals surface area contributed by atoms with Crippen LogP contribution >= 0.6 is 11.6 Å². The quantitative estimate of drug-likeness (QED) is 0.308. The highest BCUT2D eigenvalue weighted by Crippen LogP contribution is 2.30. The highest BCUT2D eigenvalue weighted by molar-refractivity contribution is 6.36. The predicted octanol–water partition coefficient (Wildman–Crippen LogP) is 4.75. The number of amides is 1. The second kappa shape index (κ2) is 10.1. The van der Waals surface area contributed by atoms with Gasteiger partial charge in [0.05, 0.1) is 29.4 Å². The zero-order valence-electron chi connectivity index (χ0n) is 19.8. The Morgan fingerprint density at radius 2 is 2.03 bits per heavy atom. The summed E-state index contributed by atoms with van der Waals surface area (Å²) in [6, 6.07) is 13.5. The van der Waals surface area contributed by atoms with Crippen LogP contribution < -0.4 is 10.1 Å². The average Bonchev–Trinajstić information content (AvgIpc) is 3.56. The molecule has 9 nitrogen and oxygen atoms in total. The summed E-state index contributed by atoms with van der Waals surface area (Å²) in [6.45, 7) is -1.46. The van der Waals surface area contributed by atoms with Gasteiger partial charge in [-0.25, -0.2) is 9.97 Å². The molecular formula is C25H19ClF3N7O2. The number of hydrogen-bond donors (Lipinski definition) is 2. The molecule has 0 bridgehead atoms. The summed E-state index contributed by atoms with van der Waals surface area (Å²) in [5.41, 5.74) is 2.04. The molecule has 0 saturated carbocycles. The standard InChI is InChI=1S/C25H19ClF3N7O2/c1-38-19-10-15(5-7-16(19)24(37)31-13-25(27,28)29)23-33-21(36(35-23)20-4-2-3-9-30-20)11-14-6-8-18-17(22(14)26)12-32-34-18/h2-10,12H,11,13H2,1H3,(H,31,37)(H,32,34). The number of methoxy groups -OCH3 is 1. The van der Waals surface area contributed by atoms with E-state index in [0.29, 0.717) is 34.5 Å². The molecule has 13 heteroatoms. The molecule has 3 heterocycles. The van der Waals surface area contributed by atoms with Gasteiger partial charge in [-0.05, 0) is 35.9 Å². The summed E-state index contributed by atoms with van der Waals surface area (Å²) >= 11 is 6.64. The van der Waals surface area contributed by atoms with E-state index < -0.39 is 18.6 Å². The highest BCUT2D eigenvalue weighted by Gasteiger charge is 2.28.